The first-order valence-electron chi connectivity index (χ1n) is 12.3. The SMILES string of the molecule is CCCCCCCCC[C@H]1CC[C@H](c2ccc(-c3ccc(SC(F)F)cc3)cc2)CC1. The van der Waals surface area contributed by atoms with Crippen LogP contribution in [0, 0.1) is 5.92 Å². The molecule has 0 saturated heterocycles. The monoisotopic (exact) mass is 444 g/mol. The van der Waals surface area contributed by atoms with E-state index in [2.05, 4.69) is 31.2 Å². The first-order chi connectivity index (χ1) is 15.2. The summed E-state index contributed by atoms with van der Waals surface area (Å²) >= 11 is 0.600. The Hall–Kier alpha value is -1.35. The average Bonchev–Trinajstić information content (AvgIpc) is 2.79. The second kappa shape index (κ2) is 13.3. The van der Waals surface area contributed by atoms with Crippen LogP contribution in [-0.2, 0) is 0 Å². The van der Waals surface area contributed by atoms with Gasteiger partial charge >= 0.3 is 0 Å². The highest BCUT2D eigenvalue weighted by Gasteiger charge is 2.22. The molecule has 0 unspecified atom stereocenters. The summed E-state index contributed by atoms with van der Waals surface area (Å²) in [6.45, 7) is 2.28. The molecule has 2 aromatic rings. The third kappa shape index (κ3) is 8.25. The van der Waals surface area contributed by atoms with Gasteiger partial charge in [-0.2, -0.15) is 8.78 Å². The molecule has 170 valence electrons. The number of hydrogen-bond donors (Lipinski definition) is 0. The number of thioether (sulfide) groups is 1. The molecule has 1 aliphatic rings. The third-order valence-electron chi connectivity index (χ3n) is 6.86. The molecule has 1 fully saturated rings. The molecular weight excluding hydrogens is 406 g/mol. The lowest BCUT2D eigenvalue weighted by Crippen LogP contribution is -2.13. The Balaban J connectivity index is 1.40. The highest BCUT2D eigenvalue weighted by Crippen LogP contribution is 2.38. The van der Waals surface area contributed by atoms with Crippen molar-refractivity contribution in [2.24, 2.45) is 5.92 Å². The Morgan fingerprint density at radius 3 is 1.87 bits per heavy atom. The van der Waals surface area contributed by atoms with Crippen LogP contribution in [0.4, 0.5) is 8.78 Å². The van der Waals surface area contributed by atoms with Gasteiger partial charge in [0.05, 0.1) is 0 Å². The summed E-state index contributed by atoms with van der Waals surface area (Å²) in [6.07, 6.45) is 16.7. The van der Waals surface area contributed by atoms with Crippen LogP contribution >= 0.6 is 11.8 Å². The molecule has 0 aliphatic heterocycles. The van der Waals surface area contributed by atoms with Gasteiger partial charge in [0.1, 0.15) is 0 Å². The van der Waals surface area contributed by atoms with Crippen LogP contribution in [0.3, 0.4) is 0 Å². The van der Waals surface area contributed by atoms with Crippen molar-refractivity contribution in [3.05, 3.63) is 54.1 Å². The van der Waals surface area contributed by atoms with Crippen LogP contribution in [0.2, 0.25) is 0 Å². The van der Waals surface area contributed by atoms with Crippen molar-refractivity contribution in [1.29, 1.82) is 0 Å². The van der Waals surface area contributed by atoms with Crippen LogP contribution in [0.15, 0.2) is 53.4 Å². The summed E-state index contributed by atoms with van der Waals surface area (Å²) < 4.78 is 25.0. The number of unbranched alkanes of at least 4 members (excludes halogenated alkanes) is 6. The van der Waals surface area contributed by atoms with Gasteiger partial charge in [-0.3, -0.25) is 0 Å². The standard InChI is InChI=1S/C28H38F2S/c1-2-3-4-5-6-7-8-9-22-10-12-23(13-11-22)24-14-16-25(17-15-24)26-18-20-27(21-19-26)31-28(29)30/h14-23,28H,2-13H2,1H3/t22-,23-. The molecule has 3 rings (SSSR count). The molecule has 0 amide bonds. The summed E-state index contributed by atoms with van der Waals surface area (Å²) in [6, 6.07) is 16.4. The number of hydrogen-bond acceptors (Lipinski definition) is 1. The van der Waals surface area contributed by atoms with Crippen LogP contribution in [0.5, 0.6) is 0 Å². The molecule has 0 aromatic heterocycles. The quantitative estimate of drug-likeness (QED) is 0.232. The van der Waals surface area contributed by atoms with Gasteiger partial charge < -0.3 is 0 Å². The topological polar surface area (TPSA) is 0 Å². The van der Waals surface area contributed by atoms with E-state index in [-0.39, 0.29) is 0 Å². The van der Waals surface area contributed by atoms with Gasteiger partial charge in [0, 0.05) is 4.90 Å². The molecule has 0 nitrogen and oxygen atoms in total. The predicted molar refractivity (Wildman–Crippen MR) is 131 cm³/mol. The first kappa shape index (κ1) is 24.3. The van der Waals surface area contributed by atoms with Crippen LogP contribution < -0.4 is 0 Å². The number of rotatable bonds is 12. The van der Waals surface area contributed by atoms with Gasteiger partial charge in [-0.1, -0.05) is 106 Å². The third-order valence-corrected chi connectivity index (χ3v) is 7.58. The minimum absolute atomic E-state index is 0.600. The fourth-order valence-electron chi connectivity index (χ4n) is 4.95. The van der Waals surface area contributed by atoms with Crippen LogP contribution in [-0.4, -0.2) is 5.76 Å². The maximum atomic E-state index is 12.5. The zero-order chi connectivity index (χ0) is 21.9. The van der Waals surface area contributed by atoms with Gasteiger partial charge in [-0.15, -0.1) is 0 Å². The fourth-order valence-corrected chi connectivity index (χ4v) is 5.45. The predicted octanol–water partition coefficient (Wildman–Crippen LogP) is 10.1. The molecule has 0 atom stereocenters. The van der Waals surface area contributed by atoms with E-state index in [4.69, 9.17) is 0 Å². The molecule has 0 radical (unpaired) electrons. The minimum atomic E-state index is -2.37. The summed E-state index contributed by atoms with van der Waals surface area (Å²) in [5.74, 6) is -0.726. The summed E-state index contributed by atoms with van der Waals surface area (Å²) in [5, 5.41) is 0. The van der Waals surface area contributed by atoms with Crippen molar-refractivity contribution in [2.75, 3.05) is 0 Å². The number of alkyl halides is 2. The number of benzene rings is 2. The van der Waals surface area contributed by atoms with Crippen molar-refractivity contribution >= 4 is 11.8 Å². The maximum Gasteiger partial charge on any atom is 0.288 e. The number of halogens is 2. The van der Waals surface area contributed by atoms with Crippen molar-refractivity contribution < 1.29 is 8.78 Å². The van der Waals surface area contributed by atoms with Gasteiger partial charge in [0.2, 0.25) is 0 Å². The van der Waals surface area contributed by atoms with E-state index in [0.717, 1.165) is 17.0 Å². The summed E-state index contributed by atoms with van der Waals surface area (Å²) in [7, 11) is 0. The Morgan fingerprint density at radius 1 is 0.742 bits per heavy atom. The van der Waals surface area contributed by atoms with E-state index in [1.807, 2.05) is 12.1 Å². The highest BCUT2D eigenvalue weighted by atomic mass is 32.2. The summed E-state index contributed by atoms with van der Waals surface area (Å²) in [4.78, 5) is 0.614. The minimum Gasteiger partial charge on any atom is -0.198 e. The second-order valence-electron chi connectivity index (χ2n) is 9.15. The molecule has 2 aromatic carbocycles. The fraction of sp³-hybridized carbons (Fsp3) is 0.571. The largest absolute Gasteiger partial charge is 0.288 e. The van der Waals surface area contributed by atoms with Crippen molar-refractivity contribution in [3.63, 3.8) is 0 Å². The van der Waals surface area contributed by atoms with Crippen molar-refractivity contribution in [1.82, 2.24) is 0 Å². The zero-order valence-corrected chi connectivity index (χ0v) is 19.8. The van der Waals surface area contributed by atoms with Crippen LogP contribution in [0.25, 0.3) is 11.1 Å². The average molecular weight is 445 g/mol. The Labute approximate surface area is 192 Å². The van der Waals surface area contributed by atoms with Crippen LogP contribution in [0.1, 0.15) is 95.5 Å². The Bertz CT molecular complexity index is 731. The summed E-state index contributed by atoms with van der Waals surface area (Å²) in [5.41, 5.74) is 3.71. The molecule has 0 heterocycles. The Morgan fingerprint density at radius 2 is 1.29 bits per heavy atom. The highest BCUT2D eigenvalue weighted by molar-refractivity contribution is 7.99. The van der Waals surface area contributed by atoms with E-state index in [9.17, 15) is 8.78 Å². The lowest BCUT2D eigenvalue weighted by Gasteiger charge is -2.29. The van der Waals surface area contributed by atoms with Crippen molar-refractivity contribution in [2.45, 2.75) is 101 Å². The molecule has 0 N–H and O–H groups in total. The second-order valence-corrected chi connectivity index (χ2v) is 10.2. The zero-order valence-electron chi connectivity index (χ0n) is 19.0. The smallest absolute Gasteiger partial charge is 0.198 e. The molecular formula is C28H38F2S. The Kier molecular flexibility index (Phi) is 10.4. The molecule has 0 spiro atoms. The maximum absolute atomic E-state index is 12.5. The van der Waals surface area contributed by atoms with E-state index >= 15 is 0 Å². The normalized spacial score (nSPS) is 19.1. The van der Waals surface area contributed by atoms with Gasteiger partial charge in [-0.25, -0.2) is 0 Å². The molecule has 3 heteroatoms. The van der Waals surface area contributed by atoms with Gasteiger partial charge in [0.25, 0.3) is 5.76 Å². The first-order valence-corrected chi connectivity index (χ1v) is 13.2. The lowest BCUT2D eigenvalue weighted by atomic mass is 9.77. The van der Waals surface area contributed by atoms with Gasteiger partial charge in [-0.05, 0) is 66.3 Å². The van der Waals surface area contributed by atoms with E-state index in [1.54, 1.807) is 12.1 Å². The van der Waals surface area contributed by atoms with E-state index < -0.39 is 5.76 Å². The molecule has 1 aliphatic carbocycles. The van der Waals surface area contributed by atoms with E-state index in [1.165, 1.54) is 82.6 Å². The van der Waals surface area contributed by atoms with Gasteiger partial charge in [0.15, 0.2) is 0 Å². The molecule has 1 saturated carbocycles. The lowest BCUT2D eigenvalue weighted by molar-refractivity contribution is 0.252. The van der Waals surface area contributed by atoms with E-state index in [0.29, 0.717) is 22.6 Å². The molecule has 31 heavy (non-hydrogen) atoms. The van der Waals surface area contributed by atoms with Crippen molar-refractivity contribution in [3.8, 4) is 11.1 Å². The molecule has 0 bridgehead atoms.